The van der Waals surface area contributed by atoms with E-state index >= 15 is 0 Å². The van der Waals surface area contributed by atoms with Gasteiger partial charge in [-0.1, -0.05) is 0 Å². The summed E-state index contributed by atoms with van der Waals surface area (Å²) in [5.74, 6) is -0.714. The molecule has 106 valence electrons. The van der Waals surface area contributed by atoms with Gasteiger partial charge in [0.15, 0.2) is 0 Å². The van der Waals surface area contributed by atoms with Gasteiger partial charge in [0, 0.05) is 45.8 Å². The van der Waals surface area contributed by atoms with Crippen LogP contribution in [0.1, 0.15) is 6.42 Å². The monoisotopic (exact) mass is 309 g/mol. The Balaban J connectivity index is -0.000000653. The molecule has 1 aliphatic rings. The molecule has 1 heterocycles. The summed E-state index contributed by atoms with van der Waals surface area (Å²) in [6.45, 7) is 6.28. The zero-order chi connectivity index (χ0) is 10.4. The van der Waals surface area contributed by atoms with Crippen molar-refractivity contribution < 1.29 is 9.90 Å². The molecule has 8 heteroatoms. The number of nitrogens with zero attached hydrogens (tertiary/aromatic N) is 2. The number of carboxylic acids is 1. The Morgan fingerprint density at radius 3 is 1.76 bits per heavy atom. The Morgan fingerprint density at radius 2 is 1.41 bits per heavy atom. The van der Waals surface area contributed by atoms with Crippen molar-refractivity contribution in [1.29, 1.82) is 0 Å². The van der Waals surface area contributed by atoms with Crippen molar-refractivity contribution in [1.82, 2.24) is 9.80 Å². The molecule has 0 aromatic rings. The Hall–Kier alpha value is 0.220. The predicted octanol–water partition coefficient (Wildman–Crippen LogP) is 0.303. The zero-order valence-electron chi connectivity index (χ0n) is 9.71. The van der Waals surface area contributed by atoms with Crippen molar-refractivity contribution in [3.8, 4) is 0 Å². The van der Waals surface area contributed by atoms with Gasteiger partial charge in [-0.25, -0.2) is 0 Å². The number of hydrogen-bond acceptors (Lipinski definition) is 4. The highest BCUT2D eigenvalue weighted by molar-refractivity contribution is 5.86. The summed E-state index contributed by atoms with van der Waals surface area (Å²) >= 11 is 0. The first-order chi connectivity index (χ1) is 6.72. The molecule has 0 bridgehead atoms. The van der Waals surface area contributed by atoms with Gasteiger partial charge in [-0.2, -0.15) is 0 Å². The van der Waals surface area contributed by atoms with Crippen LogP contribution in [-0.2, 0) is 4.79 Å². The molecule has 0 aliphatic carbocycles. The average molecular weight is 311 g/mol. The molecule has 1 rings (SSSR count). The Labute approximate surface area is 121 Å². The van der Waals surface area contributed by atoms with Crippen molar-refractivity contribution in [2.45, 2.75) is 6.42 Å². The molecule has 0 aromatic heterocycles. The quantitative estimate of drug-likeness (QED) is 0.764. The second kappa shape index (κ2) is 12.7. The van der Waals surface area contributed by atoms with E-state index in [0.29, 0.717) is 13.1 Å². The summed E-state index contributed by atoms with van der Waals surface area (Å²) in [6.07, 6.45) is 0.247. The largest absolute Gasteiger partial charge is 0.481 e. The van der Waals surface area contributed by atoms with E-state index in [4.69, 9.17) is 10.8 Å². The van der Waals surface area contributed by atoms with E-state index in [0.717, 1.165) is 32.7 Å². The third kappa shape index (κ3) is 9.88. The predicted molar refractivity (Wildman–Crippen MR) is 75.9 cm³/mol. The SMILES string of the molecule is Cl.Cl.Cl.NCCN1CCN(CCC(=O)O)CC1. The normalized spacial score (nSPS) is 16.3. The third-order valence-corrected chi connectivity index (χ3v) is 2.55. The van der Waals surface area contributed by atoms with Crippen molar-refractivity contribution in [2.24, 2.45) is 5.73 Å². The van der Waals surface area contributed by atoms with Crippen molar-refractivity contribution >= 4 is 43.2 Å². The summed E-state index contributed by atoms with van der Waals surface area (Å²) in [5.41, 5.74) is 5.46. The number of carbonyl (C=O) groups is 1. The van der Waals surface area contributed by atoms with Gasteiger partial charge >= 0.3 is 5.97 Å². The van der Waals surface area contributed by atoms with Crippen LogP contribution >= 0.6 is 37.2 Å². The summed E-state index contributed by atoms with van der Waals surface area (Å²) in [4.78, 5) is 14.9. The summed E-state index contributed by atoms with van der Waals surface area (Å²) in [7, 11) is 0. The van der Waals surface area contributed by atoms with E-state index < -0.39 is 5.97 Å². The van der Waals surface area contributed by atoms with Crippen molar-refractivity contribution in [3.63, 3.8) is 0 Å². The molecule has 3 N–H and O–H groups in total. The summed E-state index contributed by atoms with van der Waals surface area (Å²) in [6, 6.07) is 0. The van der Waals surface area contributed by atoms with Crippen molar-refractivity contribution in [2.75, 3.05) is 45.8 Å². The first-order valence-electron chi connectivity index (χ1n) is 5.09. The minimum atomic E-state index is -0.714. The van der Waals surface area contributed by atoms with Crippen LogP contribution in [0.4, 0.5) is 0 Å². The molecule has 0 atom stereocenters. The van der Waals surface area contributed by atoms with E-state index in [1.807, 2.05) is 0 Å². The van der Waals surface area contributed by atoms with Gasteiger partial charge in [-0.15, -0.1) is 37.2 Å². The molecule has 0 saturated carbocycles. The fourth-order valence-corrected chi connectivity index (χ4v) is 1.67. The van der Waals surface area contributed by atoms with Crippen LogP contribution in [0.2, 0.25) is 0 Å². The molecule has 0 spiro atoms. The Kier molecular flexibility index (Phi) is 16.7. The molecule has 0 amide bonds. The van der Waals surface area contributed by atoms with Gasteiger partial charge in [0.2, 0.25) is 0 Å². The van der Waals surface area contributed by atoms with Crippen LogP contribution < -0.4 is 5.73 Å². The van der Waals surface area contributed by atoms with Crippen LogP contribution in [-0.4, -0.2) is 66.7 Å². The fourth-order valence-electron chi connectivity index (χ4n) is 1.67. The molecule has 0 unspecified atom stereocenters. The minimum Gasteiger partial charge on any atom is -0.481 e. The lowest BCUT2D eigenvalue weighted by molar-refractivity contribution is -0.137. The third-order valence-electron chi connectivity index (χ3n) is 2.55. The topological polar surface area (TPSA) is 69.8 Å². The molecule has 0 radical (unpaired) electrons. The molecule has 1 saturated heterocycles. The smallest absolute Gasteiger partial charge is 0.304 e. The number of hydrogen-bond donors (Lipinski definition) is 2. The van der Waals surface area contributed by atoms with Gasteiger partial charge in [0.25, 0.3) is 0 Å². The molecule has 1 fully saturated rings. The maximum atomic E-state index is 10.4. The maximum Gasteiger partial charge on any atom is 0.304 e. The molecular formula is C9H22Cl3N3O2. The lowest BCUT2D eigenvalue weighted by Crippen LogP contribution is -2.48. The standard InChI is InChI=1S/C9H19N3O2.3ClH/c10-2-4-12-7-5-11(6-8-12)3-1-9(13)14;;;/h1-8,10H2,(H,13,14);3*1H. The highest BCUT2D eigenvalue weighted by Gasteiger charge is 2.16. The highest BCUT2D eigenvalue weighted by Crippen LogP contribution is 2.01. The summed E-state index contributed by atoms with van der Waals surface area (Å²) < 4.78 is 0. The lowest BCUT2D eigenvalue weighted by atomic mass is 10.3. The first kappa shape index (κ1) is 22.4. The van der Waals surface area contributed by atoms with Crippen molar-refractivity contribution in [3.05, 3.63) is 0 Å². The van der Waals surface area contributed by atoms with Gasteiger partial charge in [-0.05, 0) is 0 Å². The Bertz CT molecular complexity index is 190. The lowest BCUT2D eigenvalue weighted by Gasteiger charge is -2.34. The molecule has 0 aromatic carbocycles. The Morgan fingerprint density at radius 1 is 1.00 bits per heavy atom. The van der Waals surface area contributed by atoms with Gasteiger partial charge in [-0.3, -0.25) is 9.69 Å². The van der Waals surface area contributed by atoms with Gasteiger partial charge in [0.05, 0.1) is 6.42 Å². The van der Waals surface area contributed by atoms with E-state index in [2.05, 4.69) is 9.80 Å². The number of halogens is 3. The van der Waals surface area contributed by atoms with Crippen LogP contribution in [0.25, 0.3) is 0 Å². The maximum absolute atomic E-state index is 10.4. The van der Waals surface area contributed by atoms with Crippen LogP contribution in [0, 0.1) is 0 Å². The average Bonchev–Trinajstić information content (AvgIpc) is 2.17. The molecule has 17 heavy (non-hydrogen) atoms. The fraction of sp³-hybridized carbons (Fsp3) is 0.889. The number of carboxylic acid groups (broad SMARTS) is 1. The molecular weight excluding hydrogens is 288 g/mol. The number of aliphatic carboxylic acids is 1. The second-order valence-corrected chi connectivity index (χ2v) is 3.62. The highest BCUT2D eigenvalue weighted by atomic mass is 35.5. The number of piperazine rings is 1. The van der Waals surface area contributed by atoms with E-state index in [9.17, 15) is 4.79 Å². The summed E-state index contributed by atoms with van der Waals surface area (Å²) in [5, 5.41) is 8.53. The van der Waals surface area contributed by atoms with E-state index in [-0.39, 0.29) is 43.6 Å². The van der Waals surface area contributed by atoms with Crippen LogP contribution in [0.15, 0.2) is 0 Å². The van der Waals surface area contributed by atoms with Gasteiger partial charge in [0.1, 0.15) is 0 Å². The van der Waals surface area contributed by atoms with Crippen LogP contribution in [0.5, 0.6) is 0 Å². The second-order valence-electron chi connectivity index (χ2n) is 3.62. The zero-order valence-corrected chi connectivity index (χ0v) is 12.2. The first-order valence-corrected chi connectivity index (χ1v) is 5.09. The van der Waals surface area contributed by atoms with E-state index in [1.165, 1.54) is 0 Å². The van der Waals surface area contributed by atoms with Gasteiger partial charge < -0.3 is 15.7 Å². The van der Waals surface area contributed by atoms with Crippen LogP contribution in [0.3, 0.4) is 0 Å². The molecule has 5 nitrogen and oxygen atoms in total. The minimum absolute atomic E-state index is 0. The number of nitrogens with two attached hydrogens (primary N) is 1. The molecule has 1 aliphatic heterocycles. The van der Waals surface area contributed by atoms with E-state index in [1.54, 1.807) is 0 Å². The number of rotatable bonds is 5.